The lowest BCUT2D eigenvalue weighted by Gasteiger charge is -2.03. The second kappa shape index (κ2) is 5.19. The molecule has 17 heavy (non-hydrogen) atoms. The lowest BCUT2D eigenvalue weighted by molar-refractivity contribution is 1.07. The van der Waals surface area contributed by atoms with E-state index in [9.17, 15) is 4.79 Å². The zero-order valence-corrected chi connectivity index (χ0v) is 10.7. The normalized spacial score (nSPS) is 10.5. The Morgan fingerprint density at radius 1 is 1.29 bits per heavy atom. The molecule has 0 aliphatic rings. The molecule has 1 aromatic carbocycles. The second-order valence-electron chi connectivity index (χ2n) is 3.69. The van der Waals surface area contributed by atoms with Gasteiger partial charge in [-0.3, -0.25) is 4.79 Å². The van der Waals surface area contributed by atoms with Crippen LogP contribution in [-0.2, 0) is 0 Å². The van der Waals surface area contributed by atoms with Crippen LogP contribution in [0.4, 0.5) is 0 Å². The third-order valence-corrected chi connectivity index (χ3v) is 3.20. The van der Waals surface area contributed by atoms with E-state index < -0.39 is 0 Å². The van der Waals surface area contributed by atoms with Crippen molar-refractivity contribution in [2.24, 2.45) is 0 Å². The number of nitrogens with zero attached hydrogens (tertiary/aromatic N) is 1. The largest absolute Gasteiger partial charge is 0.307 e. The van der Waals surface area contributed by atoms with Gasteiger partial charge in [-0.25, -0.2) is 4.98 Å². The van der Waals surface area contributed by atoms with Crippen LogP contribution in [0.1, 0.15) is 12.6 Å². The minimum Gasteiger partial charge on any atom is -0.307 e. The van der Waals surface area contributed by atoms with Crippen LogP contribution in [0.3, 0.4) is 0 Å². The average molecular weight is 246 g/mol. The number of hydrogen-bond donors (Lipinski definition) is 1. The fourth-order valence-corrected chi connectivity index (χ4v) is 2.25. The molecule has 3 nitrogen and oxygen atoms in total. The van der Waals surface area contributed by atoms with Crippen LogP contribution >= 0.6 is 11.8 Å². The number of aromatic amines is 1. The first-order valence-electron chi connectivity index (χ1n) is 5.50. The van der Waals surface area contributed by atoms with E-state index in [0.717, 1.165) is 17.0 Å². The SMILES string of the molecule is CCSc1ccc(-c2nc(C)cc(=O)[nH]2)cc1. The first-order valence-corrected chi connectivity index (χ1v) is 6.49. The maximum atomic E-state index is 11.4. The van der Waals surface area contributed by atoms with Gasteiger partial charge in [0, 0.05) is 22.2 Å². The van der Waals surface area contributed by atoms with Crippen molar-refractivity contribution in [2.45, 2.75) is 18.7 Å². The highest BCUT2D eigenvalue weighted by molar-refractivity contribution is 7.99. The first-order chi connectivity index (χ1) is 8.19. The summed E-state index contributed by atoms with van der Waals surface area (Å²) < 4.78 is 0. The summed E-state index contributed by atoms with van der Waals surface area (Å²) in [5.41, 5.74) is 1.56. The van der Waals surface area contributed by atoms with E-state index in [1.54, 1.807) is 11.8 Å². The van der Waals surface area contributed by atoms with Crippen molar-refractivity contribution >= 4 is 11.8 Å². The van der Waals surface area contributed by atoms with Crippen LogP contribution in [-0.4, -0.2) is 15.7 Å². The molecule has 1 aromatic heterocycles. The van der Waals surface area contributed by atoms with E-state index in [2.05, 4.69) is 16.9 Å². The highest BCUT2D eigenvalue weighted by Gasteiger charge is 2.02. The Bertz CT molecular complexity index is 560. The highest BCUT2D eigenvalue weighted by Crippen LogP contribution is 2.21. The summed E-state index contributed by atoms with van der Waals surface area (Å²) in [6, 6.07) is 9.55. The van der Waals surface area contributed by atoms with Crippen molar-refractivity contribution < 1.29 is 0 Å². The van der Waals surface area contributed by atoms with Crippen molar-refractivity contribution in [1.82, 2.24) is 9.97 Å². The molecule has 0 radical (unpaired) electrons. The fraction of sp³-hybridized carbons (Fsp3) is 0.231. The minimum absolute atomic E-state index is 0.112. The summed E-state index contributed by atoms with van der Waals surface area (Å²) >= 11 is 1.79. The van der Waals surface area contributed by atoms with Crippen molar-refractivity contribution in [1.29, 1.82) is 0 Å². The number of thioether (sulfide) groups is 1. The number of H-pyrrole nitrogens is 1. The van der Waals surface area contributed by atoms with Gasteiger partial charge in [-0.05, 0) is 24.8 Å². The number of benzene rings is 1. The molecular weight excluding hydrogens is 232 g/mol. The molecule has 4 heteroatoms. The molecule has 0 unspecified atom stereocenters. The lowest BCUT2D eigenvalue weighted by Crippen LogP contribution is -2.08. The average Bonchev–Trinajstić information content (AvgIpc) is 2.29. The molecule has 0 saturated heterocycles. The third kappa shape index (κ3) is 2.97. The Balaban J connectivity index is 2.36. The minimum atomic E-state index is -0.112. The molecule has 0 spiro atoms. The summed E-state index contributed by atoms with van der Waals surface area (Å²) in [7, 11) is 0. The maximum absolute atomic E-state index is 11.4. The monoisotopic (exact) mass is 246 g/mol. The number of aromatic nitrogens is 2. The van der Waals surface area contributed by atoms with E-state index in [1.807, 2.05) is 31.2 Å². The van der Waals surface area contributed by atoms with Crippen molar-refractivity contribution in [3.05, 3.63) is 46.4 Å². The molecule has 0 saturated carbocycles. The van der Waals surface area contributed by atoms with Gasteiger partial charge in [-0.1, -0.05) is 19.1 Å². The summed E-state index contributed by atoms with van der Waals surface area (Å²) in [5.74, 6) is 1.68. The Labute approximate surface area is 104 Å². The zero-order valence-electron chi connectivity index (χ0n) is 9.86. The predicted molar refractivity (Wildman–Crippen MR) is 71.4 cm³/mol. The Morgan fingerprint density at radius 3 is 2.59 bits per heavy atom. The smallest absolute Gasteiger partial charge is 0.251 e. The van der Waals surface area contributed by atoms with E-state index in [1.165, 1.54) is 11.0 Å². The number of aryl methyl sites for hydroxylation is 1. The van der Waals surface area contributed by atoms with Gasteiger partial charge < -0.3 is 4.98 Å². The maximum Gasteiger partial charge on any atom is 0.251 e. The molecule has 0 bridgehead atoms. The molecule has 0 amide bonds. The van der Waals surface area contributed by atoms with Gasteiger partial charge in [0.25, 0.3) is 5.56 Å². The third-order valence-electron chi connectivity index (χ3n) is 2.31. The molecular formula is C13H14N2OS. The van der Waals surface area contributed by atoms with Gasteiger partial charge in [0.2, 0.25) is 0 Å². The Hall–Kier alpha value is -1.55. The van der Waals surface area contributed by atoms with E-state index in [0.29, 0.717) is 5.82 Å². The quantitative estimate of drug-likeness (QED) is 0.847. The molecule has 88 valence electrons. The van der Waals surface area contributed by atoms with Crippen LogP contribution in [0, 0.1) is 6.92 Å². The molecule has 1 N–H and O–H groups in total. The van der Waals surface area contributed by atoms with Crippen LogP contribution in [0.15, 0.2) is 40.0 Å². The molecule has 0 aliphatic carbocycles. The number of rotatable bonds is 3. The molecule has 2 aromatic rings. The highest BCUT2D eigenvalue weighted by atomic mass is 32.2. The summed E-state index contributed by atoms with van der Waals surface area (Å²) in [4.78, 5) is 19.6. The first kappa shape index (κ1) is 11.9. The molecule has 0 aliphatic heterocycles. The second-order valence-corrected chi connectivity index (χ2v) is 5.03. The Morgan fingerprint density at radius 2 is 2.00 bits per heavy atom. The standard InChI is InChI=1S/C13H14N2OS/c1-3-17-11-6-4-10(5-7-11)13-14-9(2)8-12(16)15-13/h4-8H,3H2,1-2H3,(H,14,15,16). The van der Waals surface area contributed by atoms with Crippen molar-refractivity contribution in [3.8, 4) is 11.4 Å². The lowest BCUT2D eigenvalue weighted by atomic mass is 10.2. The Kier molecular flexibility index (Phi) is 3.64. The predicted octanol–water partition coefficient (Wildman–Crippen LogP) is 2.86. The van der Waals surface area contributed by atoms with Gasteiger partial charge >= 0.3 is 0 Å². The van der Waals surface area contributed by atoms with Gasteiger partial charge in [-0.15, -0.1) is 11.8 Å². The summed E-state index contributed by atoms with van der Waals surface area (Å²) in [5, 5.41) is 0. The van der Waals surface area contributed by atoms with E-state index in [4.69, 9.17) is 0 Å². The molecule has 0 fully saturated rings. The van der Waals surface area contributed by atoms with Gasteiger partial charge in [-0.2, -0.15) is 0 Å². The van der Waals surface area contributed by atoms with Gasteiger partial charge in [0.05, 0.1) is 0 Å². The summed E-state index contributed by atoms with van der Waals surface area (Å²) in [6.07, 6.45) is 0. The van der Waals surface area contributed by atoms with Crippen LogP contribution < -0.4 is 5.56 Å². The number of nitrogens with one attached hydrogen (secondary N) is 1. The van der Waals surface area contributed by atoms with Crippen molar-refractivity contribution in [2.75, 3.05) is 5.75 Å². The van der Waals surface area contributed by atoms with Crippen LogP contribution in [0.25, 0.3) is 11.4 Å². The topological polar surface area (TPSA) is 45.8 Å². The van der Waals surface area contributed by atoms with E-state index >= 15 is 0 Å². The van der Waals surface area contributed by atoms with Gasteiger partial charge in [0.15, 0.2) is 0 Å². The summed E-state index contributed by atoms with van der Waals surface area (Å²) in [6.45, 7) is 3.94. The van der Waals surface area contributed by atoms with Gasteiger partial charge in [0.1, 0.15) is 5.82 Å². The van der Waals surface area contributed by atoms with Crippen LogP contribution in [0.5, 0.6) is 0 Å². The number of hydrogen-bond acceptors (Lipinski definition) is 3. The zero-order chi connectivity index (χ0) is 12.3. The van der Waals surface area contributed by atoms with Crippen molar-refractivity contribution in [3.63, 3.8) is 0 Å². The molecule has 2 rings (SSSR count). The fourth-order valence-electron chi connectivity index (χ4n) is 1.59. The van der Waals surface area contributed by atoms with Crippen LogP contribution in [0.2, 0.25) is 0 Å². The molecule has 0 atom stereocenters. The molecule has 1 heterocycles. The van der Waals surface area contributed by atoms with E-state index in [-0.39, 0.29) is 5.56 Å².